The molecule has 178 valence electrons. The molecule has 0 saturated heterocycles. The summed E-state index contributed by atoms with van der Waals surface area (Å²) in [5, 5.41) is 9.99. The molecule has 0 saturated carbocycles. The van der Waals surface area contributed by atoms with Gasteiger partial charge in [-0.25, -0.2) is 9.50 Å². The van der Waals surface area contributed by atoms with E-state index in [4.69, 9.17) is 0 Å². The van der Waals surface area contributed by atoms with Crippen LogP contribution in [0, 0.1) is 6.92 Å². The predicted molar refractivity (Wildman–Crippen MR) is 125 cm³/mol. The summed E-state index contributed by atoms with van der Waals surface area (Å²) in [6, 6.07) is 15.2. The Balaban J connectivity index is 1.56. The van der Waals surface area contributed by atoms with Crippen LogP contribution in [0.2, 0.25) is 0 Å². The van der Waals surface area contributed by atoms with E-state index in [2.05, 4.69) is 15.2 Å². The maximum atomic E-state index is 14.0. The fourth-order valence-corrected chi connectivity index (χ4v) is 4.00. The molecule has 0 unspecified atom stereocenters. The zero-order chi connectivity index (χ0) is 24.9. The van der Waals surface area contributed by atoms with Crippen molar-refractivity contribution in [2.45, 2.75) is 19.6 Å². The first-order valence-corrected chi connectivity index (χ1v) is 10.8. The van der Waals surface area contributed by atoms with E-state index in [-0.39, 0.29) is 23.6 Å². The number of halogens is 3. The Bertz CT molecular complexity index is 1580. The topological polar surface area (TPSA) is 68.3 Å². The zero-order valence-corrected chi connectivity index (χ0v) is 19.2. The van der Waals surface area contributed by atoms with Gasteiger partial charge in [-0.3, -0.25) is 9.48 Å². The summed E-state index contributed by atoms with van der Waals surface area (Å²) in [5.74, 6) is -0.515. The van der Waals surface area contributed by atoms with Crippen molar-refractivity contribution in [3.05, 3.63) is 83.4 Å². The summed E-state index contributed by atoms with van der Waals surface area (Å²) in [7, 11) is 3.36. The van der Waals surface area contributed by atoms with Gasteiger partial charge in [-0.1, -0.05) is 36.4 Å². The fourth-order valence-electron chi connectivity index (χ4n) is 4.00. The summed E-state index contributed by atoms with van der Waals surface area (Å²) < 4.78 is 44.3. The number of benzene rings is 2. The van der Waals surface area contributed by atoms with Gasteiger partial charge >= 0.3 is 6.18 Å². The lowest BCUT2D eigenvalue weighted by molar-refractivity contribution is -0.142. The number of alkyl halides is 3. The third-order valence-corrected chi connectivity index (χ3v) is 6.07. The van der Waals surface area contributed by atoms with Crippen molar-refractivity contribution in [3.63, 3.8) is 0 Å². The molecule has 10 heteroatoms. The van der Waals surface area contributed by atoms with Crippen LogP contribution < -0.4 is 0 Å². The molecule has 0 radical (unpaired) electrons. The Hall–Kier alpha value is -4.21. The Morgan fingerprint density at radius 1 is 1.06 bits per heavy atom. The summed E-state index contributed by atoms with van der Waals surface area (Å²) >= 11 is 0. The van der Waals surface area contributed by atoms with Crippen LogP contribution in [0.15, 0.2) is 60.8 Å². The number of hydrogen-bond donors (Lipinski definition) is 0. The number of hydrogen-bond acceptors (Lipinski definition) is 4. The van der Waals surface area contributed by atoms with Gasteiger partial charge in [-0.2, -0.15) is 23.4 Å². The van der Waals surface area contributed by atoms with Gasteiger partial charge in [0.2, 0.25) is 0 Å². The first-order chi connectivity index (χ1) is 16.6. The van der Waals surface area contributed by atoms with E-state index in [9.17, 15) is 18.0 Å². The number of fused-ring (bicyclic) bond motifs is 2. The molecule has 2 aromatic carbocycles. The molecule has 0 atom stereocenters. The molecule has 5 rings (SSSR count). The fraction of sp³-hybridized carbons (Fsp3) is 0.200. The van der Waals surface area contributed by atoms with E-state index in [1.165, 1.54) is 11.0 Å². The molecule has 5 aromatic rings. The lowest BCUT2D eigenvalue weighted by atomic mass is 10.0. The number of rotatable bonds is 4. The smallest absolute Gasteiger partial charge is 0.336 e. The highest BCUT2D eigenvalue weighted by atomic mass is 19.4. The number of carbonyl (C=O) groups is 1. The van der Waals surface area contributed by atoms with Gasteiger partial charge in [0.25, 0.3) is 5.91 Å². The van der Waals surface area contributed by atoms with Crippen LogP contribution >= 0.6 is 0 Å². The van der Waals surface area contributed by atoms with E-state index in [1.807, 2.05) is 37.3 Å². The molecule has 3 heterocycles. The first kappa shape index (κ1) is 22.6. The lowest BCUT2D eigenvalue weighted by Gasteiger charge is -2.15. The molecular weight excluding hydrogens is 457 g/mol. The number of nitrogens with zero attached hydrogens (tertiary/aromatic N) is 6. The molecule has 1 amide bonds. The van der Waals surface area contributed by atoms with Gasteiger partial charge < -0.3 is 4.90 Å². The molecule has 35 heavy (non-hydrogen) atoms. The Morgan fingerprint density at radius 3 is 2.49 bits per heavy atom. The van der Waals surface area contributed by atoms with Crippen molar-refractivity contribution < 1.29 is 18.0 Å². The van der Waals surface area contributed by atoms with Gasteiger partial charge in [0.1, 0.15) is 0 Å². The third-order valence-electron chi connectivity index (χ3n) is 6.07. The Labute approximate surface area is 198 Å². The summed E-state index contributed by atoms with van der Waals surface area (Å²) in [4.78, 5) is 18.8. The van der Waals surface area contributed by atoms with E-state index in [1.54, 1.807) is 37.1 Å². The molecular formula is C25H21F3N6O. The molecule has 0 fully saturated rings. The molecule has 0 N–H and O–H groups in total. The lowest BCUT2D eigenvalue weighted by Crippen LogP contribution is -2.27. The van der Waals surface area contributed by atoms with E-state index in [0.717, 1.165) is 28.1 Å². The van der Waals surface area contributed by atoms with Gasteiger partial charge in [-0.15, -0.1) is 0 Å². The number of aryl methyl sites for hydroxylation is 1. The number of amides is 1. The van der Waals surface area contributed by atoms with Crippen LogP contribution in [0.4, 0.5) is 13.2 Å². The number of carbonyl (C=O) groups excluding carboxylic acids is 1. The maximum absolute atomic E-state index is 14.0. The van der Waals surface area contributed by atoms with Crippen LogP contribution in [0.3, 0.4) is 0 Å². The molecule has 3 aromatic heterocycles. The highest BCUT2D eigenvalue weighted by Gasteiger charge is 2.36. The van der Waals surface area contributed by atoms with Crippen molar-refractivity contribution in [3.8, 4) is 11.3 Å². The summed E-state index contributed by atoms with van der Waals surface area (Å²) in [6.45, 7) is 2.12. The van der Waals surface area contributed by atoms with Crippen molar-refractivity contribution in [1.82, 2.24) is 29.3 Å². The molecule has 0 aliphatic rings. The minimum atomic E-state index is -4.70. The van der Waals surface area contributed by atoms with Crippen molar-refractivity contribution >= 4 is 22.3 Å². The minimum absolute atomic E-state index is 0.0581. The summed E-state index contributed by atoms with van der Waals surface area (Å²) in [6.07, 6.45) is -3.04. The largest absolute Gasteiger partial charge is 0.433 e. The quantitative estimate of drug-likeness (QED) is 0.369. The van der Waals surface area contributed by atoms with Crippen LogP contribution in [0.5, 0.6) is 0 Å². The van der Waals surface area contributed by atoms with E-state index >= 15 is 0 Å². The van der Waals surface area contributed by atoms with Gasteiger partial charge in [0.15, 0.2) is 17.0 Å². The molecule has 0 bridgehead atoms. The van der Waals surface area contributed by atoms with E-state index < -0.39 is 17.8 Å². The highest BCUT2D eigenvalue weighted by Crippen LogP contribution is 2.33. The summed E-state index contributed by atoms with van der Waals surface area (Å²) in [5.41, 5.74) is 1.22. The second-order valence-corrected chi connectivity index (χ2v) is 8.43. The predicted octanol–water partition coefficient (Wildman–Crippen LogP) is 4.88. The average Bonchev–Trinajstić information content (AvgIpc) is 3.40. The van der Waals surface area contributed by atoms with Crippen LogP contribution in [-0.4, -0.2) is 42.2 Å². The van der Waals surface area contributed by atoms with Gasteiger partial charge in [-0.05, 0) is 29.8 Å². The molecule has 0 aliphatic carbocycles. The monoisotopic (exact) mass is 478 g/mol. The van der Waals surface area contributed by atoms with Gasteiger partial charge in [0.05, 0.1) is 11.9 Å². The average molecular weight is 478 g/mol. The first-order valence-electron chi connectivity index (χ1n) is 10.8. The van der Waals surface area contributed by atoms with Crippen molar-refractivity contribution in [2.75, 3.05) is 7.05 Å². The third kappa shape index (κ3) is 4.11. The Kier molecular flexibility index (Phi) is 5.31. The van der Waals surface area contributed by atoms with Crippen LogP contribution in [0.1, 0.15) is 27.4 Å². The molecule has 7 nitrogen and oxygen atoms in total. The van der Waals surface area contributed by atoms with Crippen LogP contribution in [0.25, 0.3) is 27.7 Å². The minimum Gasteiger partial charge on any atom is -0.336 e. The molecule has 0 aliphatic heterocycles. The maximum Gasteiger partial charge on any atom is 0.433 e. The SMILES string of the molecule is Cc1c(CN(C)C(=O)c2cc3nc(-c4ccc5ccccc5c4)cc(C(F)(F)F)n3n2)cnn1C. The zero-order valence-electron chi connectivity index (χ0n) is 19.2. The van der Waals surface area contributed by atoms with Crippen molar-refractivity contribution in [2.24, 2.45) is 7.05 Å². The van der Waals surface area contributed by atoms with Crippen LogP contribution in [-0.2, 0) is 19.8 Å². The van der Waals surface area contributed by atoms with E-state index in [0.29, 0.717) is 10.1 Å². The van der Waals surface area contributed by atoms with Crippen molar-refractivity contribution in [1.29, 1.82) is 0 Å². The van der Waals surface area contributed by atoms with Gasteiger partial charge in [0, 0.05) is 43.5 Å². The molecule has 0 spiro atoms. The highest BCUT2D eigenvalue weighted by molar-refractivity contribution is 5.93. The normalized spacial score (nSPS) is 11.9. The number of aromatic nitrogens is 5. The standard InChI is InChI=1S/C25H21F3N6O/c1-15-19(13-29-33(15)3)14-32(2)24(35)21-12-23-30-20(11-22(25(26,27)28)34(23)31-21)18-9-8-16-6-4-5-7-17(16)10-18/h4-13H,14H2,1-3H3. The second-order valence-electron chi connectivity index (χ2n) is 8.43. The second kappa shape index (κ2) is 8.23. The Morgan fingerprint density at radius 2 is 1.80 bits per heavy atom.